The summed E-state index contributed by atoms with van der Waals surface area (Å²) in [7, 11) is 1.50. The van der Waals surface area contributed by atoms with E-state index in [1.54, 1.807) is 18.2 Å². The lowest BCUT2D eigenvalue weighted by atomic mass is 9.86. The van der Waals surface area contributed by atoms with Crippen LogP contribution in [0.25, 0.3) is 0 Å². The number of carbonyl (C=O) groups excluding carboxylic acids is 1. The largest absolute Gasteiger partial charge is 0.496 e. The van der Waals surface area contributed by atoms with Crippen molar-refractivity contribution in [2.24, 2.45) is 0 Å². The molecule has 8 heteroatoms. The molecule has 0 amide bonds. The molecule has 0 aliphatic carbocycles. The first-order valence-corrected chi connectivity index (χ1v) is 14.5. The maximum atomic E-state index is 12.3. The van der Waals surface area contributed by atoms with Gasteiger partial charge in [-0.2, -0.15) is 0 Å². The van der Waals surface area contributed by atoms with Crippen molar-refractivity contribution in [3.63, 3.8) is 0 Å². The van der Waals surface area contributed by atoms with Gasteiger partial charge in [0.05, 0.1) is 19.3 Å². The molecule has 1 aromatic carbocycles. The van der Waals surface area contributed by atoms with Crippen molar-refractivity contribution < 1.29 is 38.3 Å². The highest BCUT2D eigenvalue weighted by Gasteiger charge is 2.57. The van der Waals surface area contributed by atoms with Crippen LogP contribution in [-0.2, 0) is 29.5 Å². The summed E-state index contributed by atoms with van der Waals surface area (Å²) < 4.78 is 37.0. The Bertz CT molecular complexity index is 788. The molecule has 2 rings (SSSR count). The van der Waals surface area contributed by atoms with Gasteiger partial charge in [0.25, 0.3) is 0 Å². The van der Waals surface area contributed by atoms with Gasteiger partial charge in [0.15, 0.2) is 6.29 Å². The summed E-state index contributed by atoms with van der Waals surface area (Å²) in [6, 6.07) is 4.96. The molecular formula is C30H50O8. The van der Waals surface area contributed by atoms with Crippen LogP contribution in [0, 0.1) is 0 Å². The summed E-state index contributed by atoms with van der Waals surface area (Å²) in [6.07, 6.45) is 5.57. The van der Waals surface area contributed by atoms with E-state index in [2.05, 4.69) is 27.7 Å². The third-order valence-electron chi connectivity index (χ3n) is 6.81. The zero-order valence-corrected chi connectivity index (χ0v) is 24.1. The van der Waals surface area contributed by atoms with Gasteiger partial charge in [-0.1, -0.05) is 53.4 Å². The summed E-state index contributed by atoms with van der Waals surface area (Å²) >= 11 is 0. The number of methoxy groups -OCH3 is 1. The zero-order valence-electron chi connectivity index (χ0n) is 24.1. The van der Waals surface area contributed by atoms with E-state index in [0.717, 1.165) is 51.4 Å². The van der Waals surface area contributed by atoms with Gasteiger partial charge in [0.1, 0.15) is 30.2 Å². The molecule has 218 valence electrons. The number of benzene rings is 1. The van der Waals surface area contributed by atoms with Crippen molar-refractivity contribution >= 4 is 6.29 Å². The molecule has 0 bridgehead atoms. The van der Waals surface area contributed by atoms with Crippen molar-refractivity contribution in [1.82, 2.24) is 0 Å². The second-order valence-electron chi connectivity index (χ2n) is 9.88. The summed E-state index contributed by atoms with van der Waals surface area (Å²) in [4.78, 5) is 11.8. The summed E-state index contributed by atoms with van der Waals surface area (Å²) in [6.45, 7) is 10.7. The topological polar surface area (TPSA) is 92.7 Å². The molecule has 1 saturated heterocycles. The van der Waals surface area contributed by atoms with Crippen molar-refractivity contribution in [2.75, 3.05) is 40.1 Å². The van der Waals surface area contributed by atoms with Gasteiger partial charge >= 0.3 is 0 Å². The fraction of sp³-hybridized carbons (Fsp3) is 0.767. The van der Waals surface area contributed by atoms with E-state index in [1.807, 2.05) is 0 Å². The maximum Gasteiger partial charge on any atom is 0.222 e. The molecule has 38 heavy (non-hydrogen) atoms. The highest BCUT2D eigenvalue weighted by Crippen LogP contribution is 2.42. The van der Waals surface area contributed by atoms with Crippen LogP contribution >= 0.6 is 0 Å². The SMILES string of the molecule is CCCCOC[C@H]1OC(O)(c2ccc(OC)c(C=O)c2)C(OCCCC)C(OCCCC)C1OCCCC. The number of carbonyl (C=O) groups is 1. The Balaban J connectivity index is 2.54. The quantitative estimate of drug-likeness (QED) is 0.174. The Kier molecular flexibility index (Phi) is 15.4. The fourth-order valence-corrected chi connectivity index (χ4v) is 4.50. The number of ether oxygens (including phenoxy) is 6. The van der Waals surface area contributed by atoms with Gasteiger partial charge in [-0.3, -0.25) is 4.79 Å². The molecule has 0 saturated carbocycles. The summed E-state index contributed by atoms with van der Waals surface area (Å²) in [5, 5.41) is 12.3. The van der Waals surface area contributed by atoms with Gasteiger partial charge in [-0.05, 0) is 43.9 Å². The number of hydrogen-bond acceptors (Lipinski definition) is 8. The van der Waals surface area contributed by atoms with Crippen LogP contribution in [0.3, 0.4) is 0 Å². The van der Waals surface area contributed by atoms with Gasteiger partial charge in [0.2, 0.25) is 5.79 Å². The molecule has 1 aromatic rings. The minimum Gasteiger partial charge on any atom is -0.496 e. The van der Waals surface area contributed by atoms with Gasteiger partial charge in [0, 0.05) is 32.0 Å². The maximum absolute atomic E-state index is 12.3. The molecule has 1 aliphatic heterocycles. The van der Waals surface area contributed by atoms with E-state index < -0.39 is 30.2 Å². The van der Waals surface area contributed by atoms with E-state index in [0.29, 0.717) is 49.6 Å². The van der Waals surface area contributed by atoms with E-state index in [4.69, 9.17) is 28.4 Å². The number of aliphatic hydroxyl groups is 1. The molecule has 1 fully saturated rings. The number of unbranched alkanes of at least 4 members (excludes halogenated alkanes) is 4. The van der Waals surface area contributed by atoms with Gasteiger partial charge in [-0.15, -0.1) is 0 Å². The Morgan fingerprint density at radius 2 is 1.45 bits per heavy atom. The van der Waals surface area contributed by atoms with Gasteiger partial charge < -0.3 is 33.5 Å². The molecule has 5 atom stereocenters. The summed E-state index contributed by atoms with van der Waals surface area (Å²) in [5.74, 6) is -1.47. The van der Waals surface area contributed by atoms with E-state index in [9.17, 15) is 9.90 Å². The van der Waals surface area contributed by atoms with E-state index >= 15 is 0 Å². The smallest absolute Gasteiger partial charge is 0.222 e. The molecule has 1 aliphatic rings. The van der Waals surface area contributed by atoms with Crippen LogP contribution in [0.15, 0.2) is 18.2 Å². The van der Waals surface area contributed by atoms with Crippen LogP contribution in [0.1, 0.15) is 95.0 Å². The monoisotopic (exact) mass is 538 g/mol. The molecule has 1 N–H and O–H groups in total. The van der Waals surface area contributed by atoms with Crippen LogP contribution in [0.2, 0.25) is 0 Å². The third kappa shape index (κ3) is 9.00. The normalized spacial score (nSPS) is 25.4. The molecule has 0 aromatic heterocycles. The van der Waals surface area contributed by atoms with Crippen molar-refractivity contribution in [3.05, 3.63) is 29.3 Å². The summed E-state index contributed by atoms with van der Waals surface area (Å²) in [5.41, 5.74) is 0.714. The lowest BCUT2D eigenvalue weighted by Gasteiger charge is -2.50. The highest BCUT2D eigenvalue weighted by atomic mass is 16.7. The first-order valence-electron chi connectivity index (χ1n) is 14.5. The fourth-order valence-electron chi connectivity index (χ4n) is 4.50. The standard InChI is InChI=1S/C30H50O8/c1-6-10-16-34-22-26-27(35-17-11-7-2)28(36-18-12-8-3)29(37-19-13-9-4)30(32,38-26)24-14-15-25(33-5)23(20-24)21-31/h14-15,20-21,26-29,32H,6-13,16-19,22H2,1-5H3/t26-,27?,28?,29?,30?/m1/s1. The van der Waals surface area contributed by atoms with Crippen molar-refractivity contribution in [3.8, 4) is 5.75 Å². The minimum atomic E-state index is -1.89. The number of hydrogen-bond donors (Lipinski definition) is 1. The third-order valence-corrected chi connectivity index (χ3v) is 6.81. The second-order valence-corrected chi connectivity index (χ2v) is 9.88. The van der Waals surface area contributed by atoms with Crippen LogP contribution in [0.4, 0.5) is 0 Å². The first-order chi connectivity index (χ1) is 18.5. The molecule has 0 spiro atoms. The molecule has 4 unspecified atom stereocenters. The number of rotatable bonds is 20. The van der Waals surface area contributed by atoms with E-state index in [1.165, 1.54) is 7.11 Å². The van der Waals surface area contributed by atoms with Gasteiger partial charge in [-0.25, -0.2) is 0 Å². The van der Waals surface area contributed by atoms with Crippen LogP contribution in [-0.4, -0.2) is 76.0 Å². The Hall–Kier alpha value is -1.55. The molecule has 1 heterocycles. The average molecular weight is 539 g/mol. The Labute approximate surface area is 229 Å². The predicted molar refractivity (Wildman–Crippen MR) is 147 cm³/mol. The molecular weight excluding hydrogens is 488 g/mol. The predicted octanol–water partition coefficient (Wildman–Crippen LogP) is 5.42. The van der Waals surface area contributed by atoms with Crippen molar-refractivity contribution in [1.29, 1.82) is 0 Å². The lowest BCUT2D eigenvalue weighted by molar-refractivity contribution is -0.375. The first kappa shape index (κ1) is 32.7. The van der Waals surface area contributed by atoms with Crippen molar-refractivity contribution in [2.45, 2.75) is 109 Å². The molecule has 8 nitrogen and oxygen atoms in total. The van der Waals surface area contributed by atoms with Crippen LogP contribution in [0.5, 0.6) is 5.75 Å². The average Bonchev–Trinajstić information content (AvgIpc) is 2.93. The Morgan fingerprint density at radius 1 is 0.868 bits per heavy atom. The van der Waals surface area contributed by atoms with E-state index in [-0.39, 0.29) is 6.61 Å². The van der Waals surface area contributed by atoms with Crippen LogP contribution < -0.4 is 4.74 Å². The number of aldehydes is 1. The lowest BCUT2D eigenvalue weighted by Crippen LogP contribution is -2.66. The zero-order chi connectivity index (χ0) is 27.8. The molecule has 0 radical (unpaired) electrons. The Morgan fingerprint density at radius 3 is 2.03 bits per heavy atom. The highest BCUT2D eigenvalue weighted by molar-refractivity contribution is 5.79. The second kappa shape index (κ2) is 17.9. The minimum absolute atomic E-state index is 0.241.